The molecule has 0 atom stereocenters. The summed E-state index contributed by atoms with van der Waals surface area (Å²) >= 11 is 4.00. The van der Waals surface area contributed by atoms with Gasteiger partial charge in [-0.25, -0.2) is 4.58 Å². The maximum Gasteiger partial charge on any atom is 0.237 e. The van der Waals surface area contributed by atoms with Crippen molar-refractivity contribution in [1.82, 2.24) is 4.90 Å². The normalized spacial score (nSPS) is 24.7. The third-order valence-electron chi connectivity index (χ3n) is 2.86. The maximum atomic E-state index is 2.48. The summed E-state index contributed by atoms with van der Waals surface area (Å²) in [6, 6.07) is 0. The van der Waals surface area contributed by atoms with Crippen LogP contribution in [0.4, 0.5) is 0 Å². The lowest BCUT2D eigenvalue weighted by Gasteiger charge is -2.15. The van der Waals surface area contributed by atoms with Crippen LogP contribution >= 0.6 is 23.5 Å². The van der Waals surface area contributed by atoms with Crippen molar-refractivity contribution in [2.24, 2.45) is 0 Å². The highest BCUT2D eigenvalue weighted by atomic mass is 32.2. The zero-order valence-corrected chi connectivity index (χ0v) is 11.2. The molecule has 15 heavy (non-hydrogen) atoms. The van der Waals surface area contributed by atoms with Gasteiger partial charge in [-0.1, -0.05) is 11.8 Å². The molecule has 0 amide bonds. The van der Waals surface area contributed by atoms with Gasteiger partial charge in [-0.05, 0) is 13.8 Å². The molecule has 1 fully saturated rings. The summed E-state index contributed by atoms with van der Waals surface area (Å²) in [4.78, 5) is 2.48. The molecule has 0 unspecified atom stereocenters. The van der Waals surface area contributed by atoms with Crippen LogP contribution < -0.4 is 0 Å². The van der Waals surface area contributed by atoms with Crippen LogP contribution in [-0.4, -0.2) is 52.2 Å². The van der Waals surface area contributed by atoms with Crippen LogP contribution in [0.2, 0.25) is 0 Å². The number of thioether (sulfide) groups is 2. The van der Waals surface area contributed by atoms with E-state index in [1.54, 1.807) is 0 Å². The van der Waals surface area contributed by atoms with E-state index in [0.29, 0.717) is 0 Å². The first kappa shape index (κ1) is 11.4. The molecule has 4 heteroatoms. The number of hydrogen-bond donors (Lipinski definition) is 0. The molecule has 0 spiro atoms. The van der Waals surface area contributed by atoms with Gasteiger partial charge < -0.3 is 4.90 Å². The van der Waals surface area contributed by atoms with Gasteiger partial charge in [-0.3, -0.25) is 0 Å². The van der Waals surface area contributed by atoms with Crippen LogP contribution in [0.15, 0.2) is 11.1 Å². The Morgan fingerprint density at radius 3 is 2.93 bits per heavy atom. The van der Waals surface area contributed by atoms with Crippen LogP contribution in [0.3, 0.4) is 0 Å². The Kier molecular flexibility index (Phi) is 4.03. The molecule has 0 aromatic rings. The largest absolute Gasteiger partial charge is 0.366 e. The van der Waals surface area contributed by atoms with Crippen molar-refractivity contribution in [3.63, 3.8) is 0 Å². The summed E-state index contributed by atoms with van der Waals surface area (Å²) in [6.07, 6.45) is 2.39. The number of hydrogen-bond acceptors (Lipinski definition) is 3. The molecule has 2 aliphatic heterocycles. The average Bonchev–Trinajstić information content (AvgIpc) is 2.87. The molecule has 2 aliphatic rings. The maximum absolute atomic E-state index is 2.48. The van der Waals surface area contributed by atoms with Crippen molar-refractivity contribution >= 4 is 28.6 Å². The van der Waals surface area contributed by atoms with Crippen molar-refractivity contribution in [1.29, 1.82) is 0 Å². The summed E-state index contributed by atoms with van der Waals surface area (Å²) in [5.41, 5.74) is 0. The average molecular weight is 243 g/mol. The number of rotatable bonds is 3. The molecule has 2 heterocycles. The molecule has 0 bridgehead atoms. The molecular formula is C11H19N2S2+. The van der Waals surface area contributed by atoms with Crippen LogP contribution in [0, 0.1) is 0 Å². The van der Waals surface area contributed by atoms with E-state index in [2.05, 4.69) is 29.4 Å². The summed E-state index contributed by atoms with van der Waals surface area (Å²) in [5, 5.41) is 2.95. The zero-order valence-electron chi connectivity index (χ0n) is 9.53. The molecule has 0 aromatic carbocycles. The highest BCUT2D eigenvalue weighted by Gasteiger charge is 2.23. The molecule has 2 nitrogen and oxygen atoms in total. The molecule has 0 aromatic heterocycles. The van der Waals surface area contributed by atoms with Crippen molar-refractivity contribution in [2.45, 2.75) is 13.8 Å². The van der Waals surface area contributed by atoms with Gasteiger partial charge in [0.25, 0.3) is 0 Å². The fraction of sp³-hybridized carbons (Fsp3) is 0.727. The Balaban J connectivity index is 2.14. The van der Waals surface area contributed by atoms with Gasteiger partial charge in [0.2, 0.25) is 5.04 Å². The molecule has 2 rings (SSSR count). The van der Waals surface area contributed by atoms with Crippen LogP contribution in [0.1, 0.15) is 13.8 Å². The monoisotopic (exact) mass is 243 g/mol. The predicted molar refractivity (Wildman–Crippen MR) is 70.9 cm³/mol. The summed E-state index contributed by atoms with van der Waals surface area (Å²) < 4.78 is 2.48. The Hall–Kier alpha value is -0.0900. The zero-order chi connectivity index (χ0) is 10.7. The van der Waals surface area contributed by atoms with Crippen LogP contribution in [0.25, 0.3) is 0 Å². The summed E-state index contributed by atoms with van der Waals surface area (Å²) in [5.74, 6) is 2.51. The molecule has 0 radical (unpaired) electrons. The Labute approximate surface area is 101 Å². The summed E-state index contributed by atoms with van der Waals surface area (Å²) in [6.45, 7) is 9.20. The highest BCUT2D eigenvalue weighted by Crippen LogP contribution is 2.28. The van der Waals surface area contributed by atoms with Crippen molar-refractivity contribution in [3.05, 3.63) is 11.1 Å². The summed E-state index contributed by atoms with van der Waals surface area (Å²) in [7, 11) is 0. The van der Waals surface area contributed by atoms with Gasteiger partial charge >= 0.3 is 0 Å². The van der Waals surface area contributed by atoms with E-state index < -0.39 is 0 Å². The second-order valence-corrected chi connectivity index (χ2v) is 5.91. The van der Waals surface area contributed by atoms with E-state index in [4.69, 9.17) is 0 Å². The van der Waals surface area contributed by atoms with Crippen LogP contribution in [-0.2, 0) is 0 Å². The van der Waals surface area contributed by atoms with E-state index in [1.165, 1.54) is 34.7 Å². The molecule has 0 aliphatic carbocycles. The van der Waals surface area contributed by atoms with Crippen molar-refractivity contribution < 1.29 is 4.58 Å². The lowest BCUT2D eigenvalue weighted by Crippen LogP contribution is -2.19. The highest BCUT2D eigenvalue weighted by molar-refractivity contribution is 8.14. The minimum absolute atomic E-state index is 1.14. The van der Waals surface area contributed by atoms with Gasteiger partial charge in [-0.15, -0.1) is 11.8 Å². The quantitative estimate of drug-likeness (QED) is 0.701. The first-order valence-corrected chi connectivity index (χ1v) is 7.66. The molecular weight excluding hydrogens is 224 g/mol. The first-order chi connectivity index (χ1) is 7.35. The molecule has 1 saturated heterocycles. The first-order valence-electron chi connectivity index (χ1n) is 5.69. The van der Waals surface area contributed by atoms with E-state index in [0.717, 1.165) is 13.1 Å². The Bertz CT molecular complexity index is 297. The number of nitrogens with zero attached hydrogens (tertiary/aromatic N) is 2. The smallest absolute Gasteiger partial charge is 0.237 e. The SMILES string of the molecule is CCN1CCSC1=CC1=[N+](CC)CCS1. The topological polar surface area (TPSA) is 6.25 Å². The van der Waals surface area contributed by atoms with Gasteiger partial charge in [0.1, 0.15) is 6.54 Å². The molecule has 0 N–H and O–H groups in total. The van der Waals surface area contributed by atoms with Crippen molar-refractivity contribution in [2.75, 3.05) is 37.7 Å². The van der Waals surface area contributed by atoms with Gasteiger partial charge in [-0.2, -0.15) is 0 Å². The fourth-order valence-corrected chi connectivity index (χ4v) is 4.24. The van der Waals surface area contributed by atoms with Gasteiger partial charge in [0.05, 0.1) is 10.8 Å². The second-order valence-electron chi connectivity index (χ2n) is 3.68. The standard InChI is InChI=1S/C11H19N2S2/c1-3-12-5-7-14-10(12)9-11-13(4-2)6-8-15-11/h9H,3-8H2,1-2H3/q+1. The van der Waals surface area contributed by atoms with Gasteiger partial charge in [0.15, 0.2) is 6.54 Å². The van der Waals surface area contributed by atoms with E-state index in [1.807, 2.05) is 23.5 Å². The molecule has 84 valence electrons. The third-order valence-corrected chi connectivity index (χ3v) is 4.97. The lowest BCUT2D eigenvalue weighted by atomic mass is 10.5. The fourth-order valence-electron chi connectivity index (χ4n) is 1.92. The second kappa shape index (κ2) is 5.30. The van der Waals surface area contributed by atoms with E-state index >= 15 is 0 Å². The minimum atomic E-state index is 1.14. The lowest BCUT2D eigenvalue weighted by molar-refractivity contribution is -0.513. The van der Waals surface area contributed by atoms with E-state index in [9.17, 15) is 0 Å². The minimum Gasteiger partial charge on any atom is -0.366 e. The third kappa shape index (κ3) is 2.53. The van der Waals surface area contributed by atoms with Crippen LogP contribution in [0.5, 0.6) is 0 Å². The Morgan fingerprint density at radius 2 is 2.20 bits per heavy atom. The van der Waals surface area contributed by atoms with E-state index in [-0.39, 0.29) is 0 Å². The van der Waals surface area contributed by atoms with Crippen molar-refractivity contribution in [3.8, 4) is 0 Å². The Morgan fingerprint density at radius 1 is 1.33 bits per heavy atom. The predicted octanol–water partition coefficient (Wildman–Crippen LogP) is 2.07. The molecule has 0 saturated carbocycles. The van der Waals surface area contributed by atoms with Gasteiger partial charge in [0, 0.05) is 24.9 Å².